The predicted octanol–water partition coefficient (Wildman–Crippen LogP) is 2.17. The molecule has 2 aromatic heterocycles. The average Bonchev–Trinajstić information content (AvgIpc) is 3.05. The number of hydrogen-bond acceptors (Lipinski definition) is 6. The first-order valence-corrected chi connectivity index (χ1v) is 7.79. The molecule has 112 valence electrons. The fraction of sp³-hybridized carbons (Fsp3) is 0.333. The lowest BCUT2D eigenvalue weighted by Crippen LogP contribution is -2.36. The molecule has 2 aromatic rings. The van der Waals surface area contributed by atoms with Crippen LogP contribution in [0.4, 0.5) is 4.79 Å². The van der Waals surface area contributed by atoms with Gasteiger partial charge in [0.15, 0.2) is 5.69 Å². The number of urea groups is 1. The van der Waals surface area contributed by atoms with Crippen LogP contribution in [-0.4, -0.2) is 27.1 Å². The fourth-order valence-corrected chi connectivity index (χ4v) is 3.08. The third-order valence-electron chi connectivity index (χ3n) is 2.55. The number of aromatic nitrogens is 2. The molecule has 2 amide bonds. The van der Waals surface area contributed by atoms with Crippen LogP contribution in [-0.2, 0) is 6.54 Å². The zero-order valence-electron chi connectivity index (χ0n) is 11.4. The molecular weight excluding hydrogens is 312 g/mol. The molecule has 2 rings (SSSR count). The number of carboxylic acids is 1. The maximum absolute atomic E-state index is 11.8. The SMILES string of the molecule is Cc1ncc(CNC(=O)NC(C)c2nc(C(=O)O)cs2)s1. The van der Waals surface area contributed by atoms with Crippen molar-refractivity contribution in [3.63, 3.8) is 0 Å². The highest BCUT2D eigenvalue weighted by molar-refractivity contribution is 7.11. The Hall–Kier alpha value is -2.00. The van der Waals surface area contributed by atoms with Crippen molar-refractivity contribution in [1.82, 2.24) is 20.6 Å². The van der Waals surface area contributed by atoms with Crippen molar-refractivity contribution in [2.24, 2.45) is 0 Å². The van der Waals surface area contributed by atoms with Crippen LogP contribution < -0.4 is 10.6 Å². The fourth-order valence-electron chi connectivity index (χ4n) is 1.55. The molecule has 21 heavy (non-hydrogen) atoms. The van der Waals surface area contributed by atoms with E-state index >= 15 is 0 Å². The maximum atomic E-state index is 11.8. The molecule has 0 fully saturated rings. The summed E-state index contributed by atoms with van der Waals surface area (Å²) < 4.78 is 0. The first kappa shape index (κ1) is 15.4. The highest BCUT2D eigenvalue weighted by Crippen LogP contribution is 2.18. The largest absolute Gasteiger partial charge is 0.476 e. The molecule has 7 nitrogen and oxygen atoms in total. The number of thiazole rings is 2. The van der Waals surface area contributed by atoms with Gasteiger partial charge >= 0.3 is 12.0 Å². The van der Waals surface area contributed by atoms with Gasteiger partial charge in [-0.15, -0.1) is 22.7 Å². The van der Waals surface area contributed by atoms with Crippen molar-refractivity contribution in [3.05, 3.63) is 32.2 Å². The van der Waals surface area contributed by atoms with E-state index in [4.69, 9.17) is 5.11 Å². The Kier molecular flexibility index (Phi) is 4.86. The smallest absolute Gasteiger partial charge is 0.355 e. The van der Waals surface area contributed by atoms with Gasteiger partial charge in [-0.25, -0.2) is 19.6 Å². The molecule has 2 heterocycles. The number of nitrogens with one attached hydrogen (secondary N) is 2. The standard InChI is InChI=1S/C12H14N4O3S2/c1-6(10-16-9(5-20-10)11(17)18)15-12(19)14-4-8-3-13-7(2)21-8/h3,5-6H,4H2,1-2H3,(H,17,18)(H2,14,15,19). The molecule has 0 aliphatic rings. The molecule has 0 spiro atoms. The summed E-state index contributed by atoms with van der Waals surface area (Å²) in [5.74, 6) is -1.07. The monoisotopic (exact) mass is 326 g/mol. The lowest BCUT2D eigenvalue weighted by atomic mass is 10.3. The Morgan fingerprint density at radius 3 is 2.81 bits per heavy atom. The summed E-state index contributed by atoms with van der Waals surface area (Å²) in [6, 6.07) is -0.688. The van der Waals surface area contributed by atoms with Crippen molar-refractivity contribution in [3.8, 4) is 0 Å². The molecule has 0 saturated carbocycles. The van der Waals surface area contributed by atoms with E-state index in [9.17, 15) is 9.59 Å². The quantitative estimate of drug-likeness (QED) is 0.781. The average molecular weight is 326 g/mol. The van der Waals surface area contributed by atoms with Crippen LogP contribution in [0.15, 0.2) is 11.6 Å². The van der Waals surface area contributed by atoms with E-state index in [0.717, 1.165) is 9.88 Å². The van der Waals surface area contributed by atoms with Gasteiger partial charge in [-0.3, -0.25) is 0 Å². The van der Waals surface area contributed by atoms with Gasteiger partial charge in [-0.2, -0.15) is 0 Å². The van der Waals surface area contributed by atoms with Gasteiger partial charge in [0.2, 0.25) is 0 Å². The van der Waals surface area contributed by atoms with Crippen LogP contribution in [0.1, 0.15) is 38.3 Å². The zero-order valence-corrected chi connectivity index (χ0v) is 13.0. The van der Waals surface area contributed by atoms with Gasteiger partial charge in [0.05, 0.1) is 17.6 Å². The van der Waals surface area contributed by atoms with Crippen LogP contribution in [0.5, 0.6) is 0 Å². The lowest BCUT2D eigenvalue weighted by molar-refractivity contribution is 0.0691. The molecule has 1 unspecified atom stereocenters. The van der Waals surface area contributed by atoms with Crippen molar-refractivity contribution in [2.45, 2.75) is 26.4 Å². The van der Waals surface area contributed by atoms with Gasteiger partial charge in [-0.1, -0.05) is 0 Å². The zero-order chi connectivity index (χ0) is 15.4. The molecule has 0 aliphatic heterocycles. The van der Waals surface area contributed by atoms with E-state index in [-0.39, 0.29) is 17.8 Å². The first-order chi connectivity index (χ1) is 9.95. The van der Waals surface area contributed by atoms with E-state index in [1.165, 1.54) is 28.1 Å². The van der Waals surface area contributed by atoms with Crippen molar-refractivity contribution < 1.29 is 14.7 Å². The van der Waals surface area contributed by atoms with Crippen LogP contribution >= 0.6 is 22.7 Å². The summed E-state index contributed by atoms with van der Waals surface area (Å²) in [5, 5.41) is 17.2. The van der Waals surface area contributed by atoms with Crippen LogP contribution in [0.25, 0.3) is 0 Å². The minimum Gasteiger partial charge on any atom is -0.476 e. The van der Waals surface area contributed by atoms with E-state index in [1.807, 2.05) is 6.92 Å². The highest BCUT2D eigenvalue weighted by atomic mass is 32.1. The number of aromatic carboxylic acids is 1. The number of carbonyl (C=O) groups is 2. The van der Waals surface area contributed by atoms with Gasteiger partial charge < -0.3 is 15.7 Å². The van der Waals surface area contributed by atoms with Gasteiger partial charge in [0.25, 0.3) is 0 Å². The number of carboxylic acid groups (broad SMARTS) is 1. The topological polar surface area (TPSA) is 104 Å². The van der Waals surface area contributed by atoms with Gasteiger partial charge in [0.1, 0.15) is 5.01 Å². The van der Waals surface area contributed by atoms with E-state index < -0.39 is 5.97 Å². The summed E-state index contributed by atoms with van der Waals surface area (Å²) in [5.41, 5.74) is -0.0100. The molecule has 0 bridgehead atoms. The number of carbonyl (C=O) groups excluding carboxylic acids is 1. The summed E-state index contributed by atoms with van der Waals surface area (Å²) in [7, 11) is 0. The second-order valence-electron chi connectivity index (χ2n) is 4.27. The minimum absolute atomic E-state index is 0.0100. The van der Waals surface area contributed by atoms with Gasteiger partial charge in [0, 0.05) is 16.5 Å². The highest BCUT2D eigenvalue weighted by Gasteiger charge is 2.15. The molecule has 9 heteroatoms. The molecule has 0 radical (unpaired) electrons. The second kappa shape index (κ2) is 6.64. The van der Waals surface area contributed by atoms with E-state index in [0.29, 0.717) is 11.6 Å². The Bertz CT molecular complexity index is 652. The first-order valence-electron chi connectivity index (χ1n) is 6.10. The summed E-state index contributed by atoms with van der Waals surface area (Å²) in [4.78, 5) is 31.6. The predicted molar refractivity (Wildman–Crippen MR) is 79.7 cm³/mol. The van der Waals surface area contributed by atoms with Crippen LogP contribution in [0.3, 0.4) is 0 Å². The van der Waals surface area contributed by atoms with E-state index in [1.54, 1.807) is 13.1 Å². The maximum Gasteiger partial charge on any atom is 0.355 e. The van der Waals surface area contributed by atoms with E-state index in [2.05, 4.69) is 20.6 Å². The molecule has 3 N–H and O–H groups in total. The number of rotatable bonds is 5. The molecule has 0 aromatic carbocycles. The summed E-state index contributed by atoms with van der Waals surface area (Å²) >= 11 is 2.73. The Morgan fingerprint density at radius 2 is 2.24 bits per heavy atom. The normalized spacial score (nSPS) is 11.9. The molecular formula is C12H14N4O3S2. The minimum atomic E-state index is -1.07. The third kappa shape index (κ3) is 4.23. The number of aryl methyl sites for hydroxylation is 1. The van der Waals surface area contributed by atoms with Crippen LogP contribution in [0, 0.1) is 6.92 Å². The van der Waals surface area contributed by atoms with Crippen molar-refractivity contribution in [2.75, 3.05) is 0 Å². The van der Waals surface area contributed by atoms with Crippen LogP contribution in [0.2, 0.25) is 0 Å². The number of nitrogens with zero attached hydrogens (tertiary/aromatic N) is 2. The number of hydrogen-bond donors (Lipinski definition) is 3. The Balaban J connectivity index is 1.85. The second-order valence-corrected chi connectivity index (χ2v) is 6.48. The molecule has 1 atom stereocenters. The Labute approximate surface area is 129 Å². The lowest BCUT2D eigenvalue weighted by Gasteiger charge is -2.11. The Morgan fingerprint density at radius 1 is 1.48 bits per heavy atom. The van der Waals surface area contributed by atoms with Gasteiger partial charge in [-0.05, 0) is 13.8 Å². The third-order valence-corrected chi connectivity index (χ3v) is 4.49. The number of amides is 2. The summed E-state index contributed by atoms with van der Waals surface area (Å²) in [6.45, 7) is 4.06. The summed E-state index contributed by atoms with van der Waals surface area (Å²) in [6.07, 6.45) is 1.73. The molecule has 0 aliphatic carbocycles. The van der Waals surface area contributed by atoms with Crippen molar-refractivity contribution >= 4 is 34.7 Å². The molecule has 0 saturated heterocycles. The van der Waals surface area contributed by atoms with Crippen molar-refractivity contribution in [1.29, 1.82) is 0 Å².